The van der Waals surface area contributed by atoms with Gasteiger partial charge in [-0.2, -0.15) is 0 Å². The van der Waals surface area contributed by atoms with Gasteiger partial charge in [0.2, 0.25) is 5.91 Å². The van der Waals surface area contributed by atoms with Gasteiger partial charge in [0.25, 0.3) is 0 Å². The highest BCUT2D eigenvalue weighted by atomic mass is 16.5. The zero-order valence-electron chi connectivity index (χ0n) is 13.9. The molecule has 2 heterocycles. The third-order valence-electron chi connectivity index (χ3n) is 4.77. The van der Waals surface area contributed by atoms with Gasteiger partial charge in [-0.15, -0.1) is 0 Å². The fraction of sp³-hybridized carbons (Fsp3) is 0.350. The second-order valence-corrected chi connectivity index (χ2v) is 6.66. The van der Waals surface area contributed by atoms with E-state index in [1.807, 2.05) is 53.4 Å². The molecule has 0 radical (unpaired) electrons. The van der Waals surface area contributed by atoms with Crippen LogP contribution in [0.25, 0.3) is 0 Å². The molecule has 2 fully saturated rings. The van der Waals surface area contributed by atoms with E-state index in [0.29, 0.717) is 18.3 Å². The summed E-state index contributed by atoms with van der Waals surface area (Å²) < 4.78 is 5.82. The summed E-state index contributed by atoms with van der Waals surface area (Å²) in [5.74, 6) is -0.641. The van der Waals surface area contributed by atoms with Crippen molar-refractivity contribution in [1.29, 1.82) is 0 Å². The average Bonchev–Trinajstić information content (AvgIpc) is 3.42. The molecule has 0 bridgehead atoms. The van der Waals surface area contributed by atoms with Crippen LogP contribution in [0.1, 0.15) is 36.6 Å². The predicted octanol–water partition coefficient (Wildman–Crippen LogP) is 2.73. The number of hydrogen-bond acceptors (Lipinski definition) is 4. The fourth-order valence-electron chi connectivity index (χ4n) is 3.30. The van der Waals surface area contributed by atoms with Crippen LogP contribution in [0.5, 0.6) is 0 Å². The number of aromatic nitrogens is 1. The Labute approximate surface area is 146 Å². The number of hydrogen-bond donors (Lipinski definition) is 0. The summed E-state index contributed by atoms with van der Waals surface area (Å²) >= 11 is 0. The molecule has 1 aliphatic carbocycles. The lowest BCUT2D eigenvalue weighted by Crippen LogP contribution is -2.29. The zero-order valence-corrected chi connectivity index (χ0v) is 13.9. The van der Waals surface area contributed by atoms with Gasteiger partial charge in [0.1, 0.15) is 0 Å². The molecular weight excluding hydrogens is 316 g/mol. The van der Waals surface area contributed by atoms with E-state index in [1.54, 1.807) is 6.20 Å². The van der Waals surface area contributed by atoms with E-state index >= 15 is 0 Å². The van der Waals surface area contributed by atoms with Crippen molar-refractivity contribution in [2.45, 2.75) is 31.4 Å². The van der Waals surface area contributed by atoms with Crippen LogP contribution in [0, 0.1) is 5.92 Å². The van der Waals surface area contributed by atoms with Crippen LogP contribution in [0.15, 0.2) is 54.7 Å². The van der Waals surface area contributed by atoms with Gasteiger partial charge in [-0.1, -0.05) is 36.4 Å². The average molecular weight is 336 g/mol. The van der Waals surface area contributed by atoms with Gasteiger partial charge in [0.05, 0.1) is 11.6 Å². The Kier molecular flexibility index (Phi) is 4.22. The van der Waals surface area contributed by atoms with Crippen molar-refractivity contribution < 1.29 is 14.3 Å². The van der Waals surface area contributed by atoms with Crippen molar-refractivity contribution in [3.05, 3.63) is 66.0 Å². The van der Waals surface area contributed by atoms with Crippen LogP contribution >= 0.6 is 0 Å². The largest absolute Gasteiger partial charge is 0.451 e. The molecule has 1 amide bonds. The summed E-state index contributed by atoms with van der Waals surface area (Å²) in [6.45, 7) is 0.478. The van der Waals surface area contributed by atoms with E-state index in [1.165, 1.54) is 0 Å². The quantitative estimate of drug-likeness (QED) is 0.788. The van der Waals surface area contributed by atoms with Crippen molar-refractivity contribution >= 4 is 11.9 Å². The van der Waals surface area contributed by atoms with Crippen molar-refractivity contribution in [1.82, 2.24) is 9.88 Å². The second kappa shape index (κ2) is 6.67. The molecule has 128 valence electrons. The molecule has 0 unspecified atom stereocenters. The number of amides is 1. The fourth-order valence-corrected chi connectivity index (χ4v) is 3.30. The van der Waals surface area contributed by atoms with E-state index in [0.717, 1.165) is 18.4 Å². The van der Waals surface area contributed by atoms with E-state index in [-0.39, 0.29) is 24.2 Å². The highest BCUT2D eigenvalue weighted by Crippen LogP contribution is 2.34. The number of pyridine rings is 1. The summed E-state index contributed by atoms with van der Waals surface area (Å²) in [5.41, 5.74) is 1.56. The molecule has 2 aliphatic rings. The zero-order chi connectivity index (χ0) is 17.2. The maximum Gasteiger partial charge on any atom is 0.312 e. The van der Waals surface area contributed by atoms with Gasteiger partial charge >= 0.3 is 5.97 Å². The monoisotopic (exact) mass is 336 g/mol. The van der Waals surface area contributed by atoms with E-state index < -0.39 is 6.10 Å². The van der Waals surface area contributed by atoms with Crippen molar-refractivity contribution in [3.63, 3.8) is 0 Å². The van der Waals surface area contributed by atoms with E-state index in [9.17, 15) is 9.59 Å². The number of esters is 1. The molecule has 0 spiro atoms. The maximum absolute atomic E-state index is 12.7. The number of rotatable bonds is 5. The first-order valence-electron chi connectivity index (χ1n) is 8.68. The normalized spacial score (nSPS) is 21.2. The molecule has 25 heavy (non-hydrogen) atoms. The van der Waals surface area contributed by atoms with Crippen LogP contribution in [0.4, 0.5) is 0 Å². The Hall–Kier alpha value is -2.69. The first kappa shape index (κ1) is 15.8. The minimum Gasteiger partial charge on any atom is -0.451 e. The highest BCUT2D eigenvalue weighted by Gasteiger charge is 2.43. The van der Waals surface area contributed by atoms with Gasteiger partial charge < -0.3 is 9.64 Å². The first-order chi connectivity index (χ1) is 12.2. The standard InChI is InChI=1S/C20H20N2O3/c23-18-12-15(13-22(18)16-9-10-16)20(24)25-19(14-6-2-1-3-7-14)17-8-4-5-11-21-17/h1-8,11,15-16,19H,9-10,12-13H2/t15-,19+/m0/s1. The second-order valence-electron chi connectivity index (χ2n) is 6.66. The lowest BCUT2D eigenvalue weighted by atomic mass is 10.0. The molecule has 1 saturated carbocycles. The summed E-state index contributed by atoms with van der Waals surface area (Å²) in [5, 5.41) is 0. The third-order valence-corrected chi connectivity index (χ3v) is 4.77. The number of carbonyl (C=O) groups is 2. The van der Waals surface area contributed by atoms with Crippen LogP contribution < -0.4 is 0 Å². The lowest BCUT2D eigenvalue weighted by Gasteiger charge is -2.20. The molecule has 4 rings (SSSR count). The van der Waals surface area contributed by atoms with Gasteiger partial charge in [0.15, 0.2) is 6.10 Å². The number of nitrogens with zero attached hydrogens (tertiary/aromatic N) is 2. The van der Waals surface area contributed by atoms with E-state index in [4.69, 9.17) is 4.74 Å². The number of likely N-dealkylation sites (tertiary alicyclic amines) is 1. The topological polar surface area (TPSA) is 59.5 Å². The highest BCUT2D eigenvalue weighted by molar-refractivity contribution is 5.87. The lowest BCUT2D eigenvalue weighted by molar-refractivity contribution is -0.152. The molecule has 5 heteroatoms. The van der Waals surface area contributed by atoms with Gasteiger partial charge in [-0.05, 0) is 30.5 Å². The molecule has 2 aromatic rings. The molecule has 0 N–H and O–H groups in total. The molecule has 1 aromatic carbocycles. The van der Waals surface area contributed by atoms with Gasteiger partial charge in [0, 0.05) is 25.2 Å². The Bertz CT molecular complexity index is 720. The summed E-state index contributed by atoms with van der Waals surface area (Å²) in [6.07, 6.45) is 3.48. The predicted molar refractivity (Wildman–Crippen MR) is 91.5 cm³/mol. The maximum atomic E-state index is 12.7. The summed E-state index contributed by atoms with van der Waals surface area (Å²) in [7, 11) is 0. The van der Waals surface area contributed by atoms with Gasteiger partial charge in [-0.3, -0.25) is 14.6 Å². The smallest absolute Gasteiger partial charge is 0.312 e. The van der Waals surface area contributed by atoms with Crippen molar-refractivity contribution in [3.8, 4) is 0 Å². The number of carbonyl (C=O) groups excluding carboxylic acids is 2. The first-order valence-corrected chi connectivity index (χ1v) is 8.68. The number of benzene rings is 1. The van der Waals surface area contributed by atoms with Crippen molar-refractivity contribution in [2.75, 3.05) is 6.54 Å². The summed E-state index contributed by atoms with van der Waals surface area (Å²) in [4.78, 5) is 31.0. The molecule has 2 atom stereocenters. The van der Waals surface area contributed by atoms with Crippen LogP contribution in [-0.2, 0) is 14.3 Å². The Morgan fingerprint density at radius 2 is 1.88 bits per heavy atom. The molecule has 1 saturated heterocycles. The van der Waals surface area contributed by atoms with E-state index in [2.05, 4.69) is 4.98 Å². The Morgan fingerprint density at radius 3 is 2.56 bits per heavy atom. The minimum absolute atomic E-state index is 0.0681. The molecule has 1 aromatic heterocycles. The molecular formula is C20H20N2O3. The Balaban J connectivity index is 1.53. The van der Waals surface area contributed by atoms with Crippen LogP contribution in [0.2, 0.25) is 0 Å². The van der Waals surface area contributed by atoms with Gasteiger partial charge in [-0.25, -0.2) is 0 Å². The number of ether oxygens (including phenoxy) is 1. The third kappa shape index (κ3) is 3.40. The Morgan fingerprint density at radius 1 is 1.12 bits per heavy atom. The molecule has 5 nitrogen and oxygen atoms in total. The SMILES string of the molecule is O=C(O[C@H](c1ccccc1)c1ccccn1)[C@H]1CC(=O)N(C2CC2)C1. The molecule has 1 aliphatic heterocycles. The summed E-state index contributed by atoms with van der Waals surface area (Å²) in [6, 6.07) is 15.5. The van der Waals surface area contributed by atoms with Crippen LogP contribution in [0.3, 0.4) is 0 Å². The van der Waals surface area contributed by atoms with Crippen molar-refractivity contribution in [2.24, 2.45) is 5.92 Å². The van der Waals surface area contributed by atoms with Crippen LogP contribution in [-0.4, -0.2) is 34.3 Å². The minimum atomic E-state index is -0.556.